The Kier molecular flexibility index (Phi) is 6.12. The van der Waals surface area contributed by atoms with Crippen LogP contribution in [0.4, 0.5) is 0 Å². The minimum Gasteiger partial charge on any atom is -0.335 e. The van der Waals surface area contributed by atoms with Gasteiger partial charge in [0.15, 0.2) is 0 Å². The Morgan fingerprint density at radius 1 is 1.30 bits per heavy atom. The molecule has 2 atom stereocenters. The average Bonchev–Trinajstić information content (AvgIpc) is 3.06. The predicted octanol–water partition coefficient (Wildman–Crippen LogP) is 5.25. The molecule has 124 valence electrons. The van der Waals surface area contributed by atoms with Gasteiger partial charge in [0.2, 0.25) is 0 Å². The second kappa shape index (κ2) is 8.29. The normalized spacial score (nSPS) is 24.7. The summed E-state index contributed by atoms with van der Waals surface area (Å²) in [5, 5.41) is 0.809. The number of hydrogen-bond acceptors (Lipinski definition) is 3. The summed E-state index contributed by atoms with van der Waals surface area (Å²) < 4.78 is 2.49. The number of rotatable bonds is 7. The number of imidazole rings is 1. The number of hydrogen-bond donors (Lipinski definition) is 0. The van der Waals surface area contributed by atoms with E-state index in [1.165, 1.54) is 37.0 Å². The molecular weight excluding hydrogens is 320 g/mol. The van der Waals surface area contributed by atoms with Gasteiger partial charge in [0.05, 0.1) is 10.4 Å². The third-order valence-corrected chi connectivity index (χ3v) is 7.75. The van der Waals surface area contributed by atoms with Crippen LogP contribution in [0.2, 0.25) is 0 Å². The summed E-state index contributed by atoms with van der Waals surface area (Å²) >= 11 is 4.38. The van der Waals surface area contributed by atoms with Gasteiger partial charge < -0.3 is 4.57 Å². The third-order valence-electron chi connectivity index (χ3n) is 4.36. The Labute approximate surface area is 148 Å². The van der Waals surface area contributed by atoms with E-state index < -0.39 is 0 Å². The van der Waals surface area contributed by atoms with Crippen molar-refractivity contribution in [1.82, 2.24) is 9.55 Å². The monoisotopic (exact) mass is 346 g/mol. The van der Waals surface area contributed by atoms with Crippen LogP contribution in [-0.4, -0.2) is 24.6 Å². The lowest BCUT2D eigenvalue weighted by atomic mass is 10.1. The van der Waals surface area contributed by atoms with E-state index in [1.807, 2.05) is 12.5 Å². The number of thioether (sulfide) groups is 2. The zero-order chi connectivity index (χ0) is 16.0. The van der Waals surface area contributed by atoms with Crippen LogP contribution in [0, 0.1) is 0 Å². The number of benzene rings is 1. The van der Waals surface area contributed by atoms with Crippen molar-refractivity contribution in [2.24, 2.45) is 0 Å². The SMILES string of the molecule is CCCCC1CCSC(Cc2ccccc2)(Cn2ccnc2)S1. The summed E-state index contributed by atoms with van der Waals surface area (Å²) in [4.78, 5) is 4.24. The minimum absolute atomic E-state index is 0.235. The first-order chi connectivity index (χ1) is 11.3. The van der Waals surface area contributed by atoms with Crippen LogP contribution in [0.25, 0.3) is 0 Å². The Morgan fingerprint density at radius 2 is 2.17 bits per heavy atom. The molecule has 1 fully saturated rings. The van der Waals surface area contributed by atoms with Crippen molar-refractivity contribution < 1.29 is 0 Å². The van der Waals surface area contributed by atoms with Crippen molar-refractivity contribution in [2.75, 3.05) is 5.75 Å². The average molecular weight is 347 g/mol. The molecule has 0 amide bonds. The standard InChI is InChI=1S/C19H26N2S2/c1-2-3-9-18-10-13-22-19(23-18,15-21-12-11-20-16-21)14-17-7-5-4-6-8-17/h4-8,11-12,16,18H,2-3,9-10,13-15H2,1H3. The Morgan fingerprint density at radius 3 is 2.91 bits per heavy atom. The van der Waals surface area contributed by atoms with E-state index in [2.05, 4.69) is 76.5 Å². The third kappa shape index (κ3) is 4.80. The largest absolute Gasteiger partial charge is 0.335 e. The van der Waals surface area contributed by atoms with Crippen molar-refractivity contribution in [3.63, 3.8) is 0 Å². The first kappa shape index (κ1) is 17.0. The smallest absolute Gasteiger partial charge is 0.0946 e. The van der Waals surface area contributed by atoms with Gasteiger partial charge in [-0.05, 0) is 30.6 Å². The molecule has 1 aromatic carbocycles. The second-order valence-corrected chi connectivity index (χ2v) is 9.75. The molecule has 23 heavy (non-hydrogen) atoms. The molecule has 0 aliphatic carbocycles. The molecule has 0 spiro atoms. The Bertz CT molecular complexity index is 570. The summed E-state index contributed by atoms with van der Waals surface area (Å²) in [5.74, 6) is 1.28. The fourth-order valence-electron chi connectivity index (χ4n) is 3.20. The molecule has 1 aliphatic heterocycles. The van der Waals surface area contributed by atoms with Gasteiger partial charge in [-0.3, -0.25) is 0 Å². The van der Waals surface area contributed by atoms with Gasteiger partial charge >= 0.3 is 0 Å². The molecule has 0 radical (unpaired) electrons. The quantitative estimate of drug-likeness (QED) is 0.682. The van der Waals surface area contributed by atoms with E-state index in [4.69, 9.17) is 0 Å². The molecule has 0 N–H and O–H groups in total. The minimum atomic E-state index is 0.235. The molecule has 4 heteroatoms. The molecule has 0 bridgehead atoms. The summed E-state index contributed by atoms with van der Waals surface area (Å²) in [5.41, 5.74) is 1.45. The molecule has 1 aromatic heterocycles. The predicted molar refractivity (Wildman–Crippen MR) is 103 cm³/mol. The van der Waals surface area contributed by atoms with E-state index in [0.717, 1.165) is 18.2 Å². The van der Waals surface area contributed by atoms with Gasteiger partial charge in [-0.2, -0.15) is 0 Å². The fraction of sp³-hybridized carbons (Fsp3) is 0.526. The highest BCUT2D eigenvalue weighted by atomic mass is 32.2. The van der Waals surface area contributed by atoms with Crippen molar-refractivity contribution in [3.05, 3.63) is 54.6 Å². The molecule has 0 saturated carbocycles. The zero-order valence-electron chi connectivity index (χ0n) is 13.9. The molecule has 1 aliphatic rings. The van der Waals surface area contributed by atoms with Crippen LogP contribution in [0.5, 0.6) is 0 Å². The molecule has 2 heterocycles. The molecular formula is C19H26N2S2. The van der Waals surface area contributed by atoms with Gasteiger partial charge in [0.25, 0.3) is 0 Å². The Hall–Kier alpha value is -0.870. The summed E-state index contributed by atoms with van der Waals surface area (Å²) in [7, 11) is 0. The fourth-order valence-corrected chi connectivity index (χ4v) is 7.17. The maximum absolute atomic E-state index is 4.24. The highest BCUT2D eigenvalue weighted by molar-refractivity contribution is 8.19. The lowest BCUT2D eigenvalue weighted by Crippen LogP contribution is -2.36. The summed E-state index contributed by atoms with van der Waals surface area (Å²) in [6, 6.07) is 11.0. The Balaban J connectivity index is 1.77. The van der Waals surface area contributed by atoms with Crippen LogP contribution >= 0.6 is 23.5 Å². The highest BCUT2D eigenvalue weighted by Gasteiger charge is 2.38. The van der Waals surface area contributed by atoms with Crippen molar-refractivity contribution in [1.29, 1.82) is 0 Å². The summed E-state index contributed by atoms with van der Waals surface area (Å²) in [6.07, 6.45) is 12.5. The molecule has 1 saturated heterocycles. The topological polar surface area (TPSA) is 17.8 Å². The lowest BCUT2D eigenvalue weighted by molar-refractivity contribution is 0.598. The molecule has 3 rings (SSSR count). The van der Waals surface area contributed by atoms with Crippen LogP contribution in [0.3, 0.4) is 0 Å². The van der Waals surface area contributed by atoms with Crippen LogP contribution in [-0.2, 0) is 13.0 Å². The molecule has 2 aromatic rings. The first-order valence-corrected chi connectivity index (χ1v) is 10.5. The number of aromatic nitrogens is 2. The summed E-state index contributed by atoms with van der Waals surface area (Å²) in [6.45, 7) is 3.34. The lowest BCUT2D eigenvalue weighted by Gasteiger charge is -2.40. The maximum Gasteiger partial charge on any atom is 0.0946 e. The van der Waals surface area contributed by atoms with Gasteiger partial charge in [-0.1, -0.05) is 50.1 Å². The first-order valence-electron chi connectivity index (χ1n) is 8.61. The maximum atomic E-state index is 4.24. The van der Waals surface area contributed by atoms with E-state index in [1.54, 1.807) is 0 Å². The van der Waals surface area contributed by atoms with E-state index in [-0.39, 0.29) is 4.08 Å². The van der Waals surface area contributed by atoms with Gasteiger partial charge in [0.1, 0.15) is 0 Å². The van der Waals surface area contributed by atoms with Crippen molar-refractivity contribution in [2.45, 2.75) is 54.9 Å². The number of nitrogens with zero attached hydrogens (tertiary/aromatic N) is 2. The van der Waals surface area contributed by atoms with Gasteiger partial charge in [-0.15, -0.1) is 23.5 Å². The molecule has 2 unspecified atom stereocenters. The second-order valence-electron chi connectivity index (χ2n) is 6.33. The van der Waals surface area contributed by atoms with E-state index in [0.29, 0.717) is 0 Å². The van der Waals surface area contributed by atoms with Crippen molar-refractivity contribution >= 4 is 23.5 Å². The number of unbranched alkanes of at least 4 members (excludes halogenated alkanes) is 1. The molecule has 2 nitrogen and oxygen atoms in total. The van der Waals surface area contributed by atoms with Crippen molar-refractivity contribution in [3.8, 4) is 0 Å². The van der Waals surface area contributed by atoms with E-state index >= 15 is 0 Å². The highest BCUT2D eigenvalue weighted by Crippen LogP contribution is 2.50. The van der Waals surface area contributed by atoms with E-state index in [9.17, 15) is 0 Å². The van der Waals surface area contributed by atoms with Crippen LogP contribution in [0.15, 0.2) is 49.1 Å². The zero-order valence-corrected chi connectivity index (χ0v) is 15.5. The van der Waals surface area contributed by atoms with Gasteiger partial charge in [0, 0.05) is 24.2 Å². The van der Waals surface area contributed by atoms with Gasteiger partial charge in [-0.25, -0.2) is 4.98 Å². The van der Waals surface area contributed by atoms with Crippen LogP contribution < -0.4 is 0 Å². The van der Waals surface area contributed by atoms with Crippen LogP contribution in [0.1, 0.15) is 38.2 Å².